The summed E-state index contributed by atoms with van der Waals surface area (Å²) in [4.78, 5) is 3.54. The third-order valence-corrected chi connectivity index (χ3v) is 0.556. The smallest absolute Gasteiger partial charge is 0.228 e. The van der Waals surface area contributed by atoms with Crippen LogP contribution < -0.4 is 11.3 Å². The summed E-state index contributed by atoms with van der Waals surface area (Å²) in [7, 11) is 0. The molecule has 0 saturated heterocycles. The van der Waals surface area contributed by atoms with Crippen LogP contribution in [0.3, 0.4) is 0 Å². The first-order valence-corrected chi connectivity index (χ1v) is 1.74. The molecule has 1 aromatic heterocycles. The Morgan fingerprint density at radius 3 is 3.00 bits per heavy atom. The Morgan fingerprint density at radius 1 is 1.86 bits per heavy atom. The van der Waals surface area contributed by atoms with Crippen LogP contribution in [0.15, 0.2) is 17.0 Å². The van der Waals surface area contributed by atoms with Crippen molar-refractivity contribution in [2.75, 3.05) is 5.43 Å². The topological polar surface area (TPSA) is 61.9 Å². The van der Waals surface area contributed by atoms with Crippen LogP contribution in [-0.4, -0.2) is 4.98 Å². The van der Waals surface area contributed by atoms with Crippen LogP contribution in [0.4, 0.5) is 5.88 Å². The maximum Gasteiger partial charge on any atom is 0.228 e. The molecular weight excluding hydrogens is 94.1 g/mol. The molecule has 1 aromatic rings. The Balaban J connectivity index is 2.76. The molecular formula is C3H4N3O. The highest BCUT2D eigenvalue weighted by Gasteiger charge is 1.85. The molecule has 37 valence electrons. The molecule has 1 rings (SSSR count). The van der Waals surface area contributed by atoms with Gasteiger partial charge in [0.05, 0.1) is 6.20 Å². The van der Waals surface area contributed by atoms with Crippen LogP contribution in [0.2, 0.25) is 0 Å². The van der Waals surface area contributed by atoms with E-state index in [1.54, 1.807) is 0 Å². The average Bonchev–Trinajstić information content (AvgIpc) is 2.14. The highest BCUT2D eigenvalue weighted by Crippen LogP contribution is 1.98. The molecule has 0 aromatic carbocycles. The SMILES string of the molecule is [NH]Nc1cnco1. The lowest BCUT2D eigenvalue weighted by molar-refractivity contribution is 0.569. The molecule has 7 heavy (non-hydrogen) atoms. The van der Waals surface area contributed by atoms with Crippen LogP contribution in [0, 0.1) is 0 Å². The number of oxazole rings is 1. The van der Waals surface area contributed by atoms with Gasteiger partial charge in [-0.15, -0.1) is 0 Å². The minimum absolute atomic E-state index is 0.361. The second-order valence-corrected chi connectivity index (χ2v) is 0.991. The fraction of sp³-hybridized carbons (Fsp3) is 0. The van der Waals surface area contributed by atoms with Gasteiger partial charge in [0.15, 0.2) is 6.39 Å². The summed E-state index contributed by atoms with van der Waals surface area (Å²) in [5.74, 6) is 6.84. The summed E-state index contributed by atoms with van der Waals surface area (Å²) in [6.45, 7) is 0. The van der Waals surface area contributed by atoms with E-state index in [9.17, 15) is 0 Å². The van der Waals surface area contributed by atoms with Crippen molar-refractivity contribution >= 4 is 5.88 Å². The Bertz CT molecular complexity index is 125. The third-order valence-electron chi connectivity index (χ3n) is 0.556. The number of rotatable bonds is 1. The highest BCUT2D eigenvalue weighted by atomic mass is 16.4. The maximum absolute atomic E-state index is 6.48. The summed E-state index contributed by atoms with van der Waals surface area (Å²) in [6.07, 6.45) is 2.68. The quantitative estimate of drug-likeness (QED) is 0.513. The first-order valence-electron chi connectivity index (χ1n) is 1.74. The van der Waals surface area contributed by atoms with Gasteiger partial charge in [0.2, 0.25) is 5.88 Å². The van der Waals surface area contributed by atoms with E-state index in [-0.39, 0.29) is 0 Å². The predicted octanol–water partition coefficient (Wildman–Crippen LogP) is 0.284. The van der Waals surface area contributed by atoms with Crippen molar-refractivity contribution in [1.82, 2.24) is 10.8 Å². The van der Waals surface area contributed by atoms with Gasteiger partial charge in [-0.3, -0.25) is 5.43 Å². The van der Waals surface area contributed by atoms with Crippen molar-refractivity contribution in [2.24, 2.45) is 0 Å². The molecule has 0 aliphatic heterocycles. The number of hydrogen-bond donors (Lipinski definition) is 1. The molecule has 1 heterocycles. The van der Waals surface area contributed by atoms with E-state index in [1.807, 2.05) is 5.43 Å². The molecule has 2 N–H and O–H groups in total. The van der Waals surface area contributed by atoms with E-state index < -0.39 is 0 Å². The molecule has 0 bridgehead atoms. The number of anilines is 1. The lowest BCUT2D eigenvalue weighted by Gasteiger charge is -1.82. The Labute approximate surface area is 40.3 Å². The van der Waals surface area contributed by atoms with Crippen molar-refractivity contribution in [2.45, 2.75) is 0 Å². The van der Waals surface area contributed by atoms with Crippen LogP contribution in [-0.2, 0) is 0 Å². The third kappa shape index (κ3) is 0.690. The van der Waals surface area contributed by atoms with Gasteiger partial charge in [-0.05, 0) is 0 Å². The Kier molecular flexibility index (Phi) is 0.953. The van der Waals surface area contributed by atoms with Gasteiger partial charge >= 0.3 is 0 Å². The minimum Gasteiger partial charge on any atom is -0.427 e. The zero-order valence-corrected chi connectivity index (χ0v) is 3.51. The first-order chi connectivity index (χ1) is 3.43. The fourth-order valence-electron chi connectivity index (χ4n) is 0.278. The molecule has 0 atom stereocenters. The standard InChI is InChI=1S/C3H4N3O/c4-6-3-1-5-2-7-3/h1-2,4,6H. The van der Waals surface area contributed by atoms with E-state index in [0.29, 0.717) is 5.88 Å². The van der Waals surface area contributed by atoms with Crippen LogP contribution in [0.5, 0.6) is 0 Å². The zero-order valence-electron chi connectivity index (χ0n) is 3.51. The zero-order chi connectivity index (χ0) is 5.11. The molecule has 0 aliphatic rings. The van der Waals surface area contributed by atoms with Gasteiger partial charge in [-0.25, -0.2) is 4.98 Å². The van der Waals surface area contributed by atoms with E-state index in [0.717, 1.165) is 0 Å². The molecule has 1 radical (unpaired) electrons. The molecule has 0 amide bonds. The van der Waals surface area contributed by atoms with Gasteiger partial charge in [0, 0.05) is 0 Å². The van der Waals surface area contributed by atoms with Crippen molar-refractivity contribution < 1.29 is 4.42 Å². The van der Waals surface area contributed by atoms with Crippen LogP contribution in [0.25, 0.3) is 0 Å². The second kappa shape index (κ2) is 1.61. The monoisotopic (exact) mass is 98.0 g/mol. The van der Waals surface area contributed by atoms with Gasteiger partial charge in [-0.1, -0.05) is 0 Å². The van der Waals surface area contributed by atoms with Crippen molar-refractivity contribution in [3.05, 3.63) is 12.6 Å². The number of nitrogens with one attached hydrogen (secondary N) is 2. The normalized spacial score (nSPS) is 8.71. The van der Waals surface area contributed by atoms with E-state index in [2.05, 4.69) is 9.40 Å². The van der Waals surface area contributed by atoms with Crippen molar-refractivity contribution in [1.29, 1.82) is 0 Å². The lowest BCUT2D eigenvalue weighted by atomic mass is 10.8. The molecule has 0 saturated carbocycles. The number of aromatic nitrogens is 1. The summed E-state index contributed by atoms with van der Waals surface area (Å²) in [5.41, 5.74) is 2.03. The summed E-state index contributed by atoms with van der Waals surface area (Å²) < 4.78 is 4.57. The summed E-state index contributed by atoms with van der Waals surface area (Å²) in [6, 6.07) is 0. The summed E-state index contributed by atoms with van der Waals surface area (Å²) in [5, 5.41) is 0. The maximum atomic E-state index is 6.48. The van der Waals surface area contributed by atoms with Crippen molar-refractivity contribution in [3.63, 3.8) is 0 Å². The molecule has 4 nitrogen and oxygen atoms in total. The number of nitrogens with zero attached hydrogens (tertiary/aromatic N) is 1. The van der Waals surface area contributed by atoms with Crippen LogP contribution in [0.1, 0.15) is 0 Å². The molecule has 0 spiro atoms. The lowest BCUT2D eigenvalue weighted by Crippen LogP contribution is -1.87. The predicted molar refractivity (Wildman–Crippen MR) is 23.2 cm³/mol. The molecule has 0 unspecified atom stereocenters. The average molecular weight is 98.1 g/mol. The van der Waals surface area contributed by atoms with Gasteiger partial charge < -0.3 is 4.42 Å². The van der Waals surface area contributed by atoms with Crippen LogP contribution >= 0.6 is 0 Å². The van der Waals surface area contributed by atoms with Crippen molar-refractivity contribution in [3.8, 4) is 0 Å². The van der Waals surface area contributed by atoms with Gasteiger partial charge in [-0.2, -0.15) is 5.84 Å². The van der Waals surface area contributed by atoms with E-state index in [4.69, 9.17) is 5.84 Å². The molecule has 4 heteroatoms. The number of hydrogen-bond acceptors (Lipinski definition) is 3. The Hall–Kier alpha value is -1.03. The highest BCUT2D eigenvalue weighted by molar-refractivity contribution is 5.22. The van der Waals surface area contributed by atoms with E-state index in [1.165, 1.54) is 12.6 Å². The largest absolute Gasteiger partial charge is 0.427 e. The minimum atomic E-state index is 0.361. The van der Waals surface area contributed by atoms with Gasteiger partial charge in [0.25, 0.3) is 0 Å². The fourth-order valence-corrected chi connectivity index (χ4v) is 0.278. The van der Waals surface area contributed by atoms with E-state index >= 15 is 0 Å². The Morgan fingerprint density at radius 2 is 2.71 bits per heavy atom. The van der Waals surface area contributed by atoms with Gasteiger partial charge in [0.1, 0.15) is 0 Å². The molecule has 0 fully saturated rings. The summed E-state index contributed by atoms with van der Waals surface area (Å²) >= 11 is 0. The molecule has 0 aliphatic carbocycles. The second-order valence-electron chi connectivity index (χ2n) is 0.991. The first kappa shape index (κ1) is 4.14.